The maximum absolute atomic E-state index is 12.5. The van der Waals surface area contributed by atoms with Crippen molar-refractivity contribution in [3.63, 3.8) is 0 Å². The van der Waals surface area contributed by atoms with Crippen molar-refractivity contribution < 1.29 is 20.0 Å². The molecule has 0 saturated heterocycles. The highest BCUT2D eigenvalue weighted by Crippen LogP contribution is 2.22. The standard InChI is InChI=1S/C21H21N3O4/c1-28-21-8-7-17(13-19(21)24(26)27)20(25)15-23-11-9-18(10-12-23)22-14-16-5-3-2-4-6-16/h2-13,24,26H,14-15H2,1H3. The van der Waals surface area contributed by atoms with Gasteiger partial charge in [-0.15, -0.1) is 0 Å². The molecule has 0 aliphatic heterocycles. The van der Waals surface area contributed by atoms with E-state index in [-0.39, 0.29) is 23.8 Å². The van der Waals surface area contributed by atoms with E-state index in [1.54, 1.807) is 23.0 Å². The number of methoxy groups -OCH3 is 1. The first-order chi connectivity index (χ1) is 13.6. The molecule has 7 nitrogen and oxygen atoms in total. The van der Waals surface area contributed by atoms with Crippen LogP contribution in [0.3, 0.4) is 0 Å². The van der Waals surface area contributed by atoms with Gasteiger partial charge in [-0.25, -0.2) is 5.21 Å². The molecule has 2 aromatic carbocycles. The first-order valence-electron chi connectivity index (χ1n) is 8.72. The number of Topliss-reactive ketones (excluding diaryl/α,β-unsaturated/α-hetero) is 1. The molecule has 0 spiro atoms. The molecule has 2 N–H and O–H groups in total. The fourth-order valence-electron chi connectivity index (χ4n) is 2.73. The lowest BCUT2D eigenvalue weighted by Gasteiger charge is -2.15. The molecule has 3 aromatic rings. The highest BCUT2D eigenvalue weighted by molar-refractivity contribution is 5.96. The molecule has 1 unspecified atom stereocenters. The summed E-state index contributed by atoms with van der Waals surface area (Å²) in [4.78, 5) is 17.0. The molecule has 0 saturated carbocycles. The number of nitrogens with zero attached hydrogens (tertiary/aromatic N) is 2. The summed E-state index contributed by atoms with van der Waals surface area (Å²) in [5.74, 6) is 0.0326. The zero-order chi connectivity index (χ0) is 19.9. The van der Waals surface area contributed by atoms with Gasteiger partial charge in [0.25, 0.3) is 0 Å². The van der Waals surface area contributed by atoms with Crippen LogP contribution in [-0.4, -0.2) is 22.7 Å². The van der Waals surface area contributed by atoms with E-state index in [0.717, 1.165) is 10.9 Å². The van der Waals surface area contributed by atoms with Gasteiger partial charge >= 0.3 is 0 Å². The zero-order valence-corrected chi connectivity index (χ0v) is 15.4. The normalized spacial score (nSPS) is 11.7. The predicted octanol–water partition coefficient (Wildman–Crippen LogP) is 1.88. The number of carbonyl (C=O) groups is 1. The summed E-state index contributed by atoms with van der Waals surface area (Å²) in [6.45, 7) is 0.692. The van der Waals surface area contributed by atoms with Gasteiger partial charge in [0.15, 0.2) is 11.5 Å². The van der Waals surface area contributed by atoms with Gasteiger partial charge in [0, 0.05) is 24.0 Å². The van der Waals surface area contributed by atoms with Crippen LogP contribution in [0.5, 0.6) is 5.75 Å². The fraction of sp³-hybridized carbons (Fsp3) is 0.143. The number of rotatable bonds is 7. The minimum absolute atomic E-state index is 0.0339. The summed E-state index contributed by atoms with van der Waals surface area (Å²) in [6, 6.07) is 18.0. The van der Waals surface area contributed by atoms with E-state index < -0.39 is 5.23 Å². The Labute approximate surface area is 162 Å². The molecule has 1 aromatic heterocycles. The summed E-state index contributed by atoms with van der Waals surface area (Å²) < 4.78 is 6.75. The number of nitrogens with one attached hydrogen (secondary N) is 1. The van der Waals surface area contributed by atoms with Gasteiger partial charge in [0.05, 0.1) is 25.6 Å². The Kier molecular flexibility index (Phi) is 6.33. The third kappa shape index (κ3) is 4.92. The van der Waals surface area contributed by atoms with Crippen LogP contribution >= 0.6 is 0 Å². The molecule has 1 atom stereocenters. The van der Waals surface area contributed by atoms with Crippen molar-refractivity contribution in [1.29, 1.82) is 0 Å². The van der Waals surface area contributed by atoms with Crippen LogP contribution in [0.4, 0.5) is 5.69 Å². The van der Waals surface area contributed by atoms with E-state index in [9.17, 15) is 15.2 Å². The molecule has 0 radical (unpaired) electrons. The Bertz CT molecular complexity index is 993. The van der Waals surface area contributed by atoms with Crippen LogP contribution < -0.4 is 15.3 Å². The SMILES string of the molecule is COc1ccc(C(=O)Cn2ccc(=NCc3ccccc3)cc2)cc1[NH+]([O-])O. The lowest BCUT2D eigenvalue weighted by atomic mass is 10.1. The lowest BCUT2D eigenvalue weighted by Crippen LogP contribution is -2.99. The van der Waals surface area contributed by atoms with E-state index >= 15 is 0 Å². The van der Waals surface area contributed by atoms with Gasteiger partial charge in [-0.3, -0.25) is 9.79 Å². The van der Waals surface area contributed by atoms with Crippen LogP contribution in [0.2, 0.25) is 0 Å². The molecule has 0 bridgehead atoms. The van der Waals surface area contributed by atoms with Gasteiger partial charge in [-0.1, -0.05) is 30.3 Å². The topological polar surface area (TPSA) is 91.3 Å². The molecule has 28 heavy (non-hydrogen) atoms. The summed E-state index contributed by atoms with van der Waals surface area (Å²) in [5, 5.41) is 20.2. The maximum atomic E-state index is 12.5. The molecule has 144 valence electrons. The number of quaternary nitrogens is 1. The van der Waals surface area contributed by atoms with Crippen LogP contribution in [0.15, 0.2) is 78.0 Å². The van der Waals surface area contributed by atoms with Gasteiger partial charge < -0.3 is 14.5 Å². The van der Waals surface area contributed by atoms with Crippen LogP contribution in [0, 0.1) is 5.21 Å². The summed E-state index contributed by atoms with van der Waals surface area (Å²) in [5.41, 5.74) is 1.42. The lowest BCUT2D eigenvalue weighted by molar-refractivity contribution is -0.991. The smallest absolute Gasteiger partial charge is 0.206 e. The average molecular weight is 379 g/mol. The summed E-state index contributed by atoms with van der Waals surface area (Å²) in [6.07, 6.45) is 3.56. The second-order valence-corrected chi connectivity index (χ2v) is 6.17. The Morgan fingerprint density at radius 3 is 2.50 bits per heavy atom. The highest BCUT2D eigenvalue weighted by Gasteiger charge is 2.14. The van der Waals surface area contributed by atoms with Crippen LogP contribution in [0.1, 0.15) is 15.9 Å². The molecule has 3 rings (SSSR count). The van der Waals surface area contributed by atoms with E-state index in [1.165, 1.54) is 19.2 Å². The number of carbonyl (C=O) groups excluding carboxylic acids is 1. The Morgan fingerprint density at radius 2 is 1.86 bits per heavy atom. The fourth-order valence-corrected chi connectivity index (χ4v) is 2.73. The van der Waals surface area contributed by atoms with Crippen LogP contribution in [-0.2, 0) is 13.1 Å². The van der Waals surface area contributed by atoms with E-state index in [2.05, 4.69) is 4.99 Å². The molecular formula is C21H21N3O4. The predicted molar refractivity (Wildman–Crippen MR) is 103 cm³/mol. The first-order valence-corrected chi connectivity index (χ1v) is 8.72. The van der Waals surface area contributed by atoms with Crippen molar-refractivity contribution in [3.05, 3.63) is 94.7 Å². The van der Waals surface area contributed by atoms with Crippen molar-refractivity contribution >= 4 is 11.5 Å². The monoisotopic (exact) mass is 379 g/mol. The van der Waals surface area contributed by atoms with Crippen molar-refractivity contribution in [1.82, 2.24) is 4.57 Å². The molecule has 1 heterocycles. The van der Waals surface area contributed by atoms with Gasteiger partial charge in [0.2, 0.25) is 5.69 Å². The number of hydrogen-bond acceptors (Lipinski definition) is 5. The molecule has 0 amide bonds. The quantitative estimate of drug-likeness (QED) is 0.484. The molecule has 0 aliphatic carbocycles. The summed E-state index contributed by atoms with van der Waals surface area (Å²) >= 11 is 0. The second-order valence-electron chi connectivity index (χ2n) is 6.17. The largest absolute Gasteiger partial charge is 0.595 e. The number of pyridine rings is 1. The second kappa shape index (κ2) is 9.09. The molecule has 0 fully saturated rings. The Hall–Kier alpha value is -3.26. The van der Waals surface area contributed by atoms with Crippen molar-refractivity contribution in [2.75, 3.05) is 7.11 Å². The maximum Gasteiger partial charge on any atom is 0.206 e. The van der Waals surface area contributed by atoms with E-state index in [4.69, 9.17) is 4.74 Å². The minimum Gasteiger partial charge on any atom is -0.595 e. The third-order valence-electron chi connectivity index (χ3n) is 4.24. The zero-order valence-electron chi connectivity index (χ0n) is 15.4. The number of ketones is 1. The third-order valence-corrected chi connectivity index (χ3v) is 4.24. The van der Waals surface area contributed by atoms with Crippen LogP contribution in [0.25, 0.3) is 0 Å². The van der Waals surface area contributed by atoms with Gasteiger partial charge in [-0.2, -0.15) is 5.23 Å². The first kappa shape index (κ1) is 19.5. The van der Waals surface area contributed by atoms with Gasteiger partial charge in [0.1, 0.15) is 0 Å². The molecule has 7 heteroatoms. The van der Waals surface area contributed by atoms with Crippen molar-refractivity contribution in [2.24, 2.45) is 4.99 Å². The Balaban J connectivity index is 1.70. The number of hydrogen-bond donors (Lipinski definition) is 2. The summed E-state index contributed by atoms with van der Waals surface area (Å²) in [7, 11) is 1.39. The Morgan fingerprint density at radius 1 is 1.14 bits per heavy atom. The molecular weight excluding hydrogens is 358 g/mol. The number of benzene rings is 2. The molecule has 0 aliphatic rings. The number of aromatic nitrogens is 1. The average Bonchev–Trinajstić information content (AvgIpc) is 2.73. The van der Waals surface area contributed by atoms with Gasteiger partial charge in [-0.05, 0) is 29.8 Å². The van der Waals surface area contributed by atoms with E-state index in [1.807, 2.05) is 42.5 Å². The van der Waals surface area contributed by atoms with Crippen molar-refractivity contribution in [3.8, 4) is 5.75 Å². The van der Waals surface area contributed by atoms with Crippen molar-refractivity contribution in [2.45, 2.75) is 13.1 Å². The highest BCUT2D eigenvalue weighted by atomic mass is 16.8. The van der Waals surface area contributed by atoms with E-state index in [0.29, 0.717) is 12.1 Å². The minimum atomic E-state index is -1.14. The number of ether oxygens (including phenoxy) is 1.